The second-order valence-electron chi connectivity index (χ2n) is 7.54. The first-order valence-electron chi connectivity index (χ1n) is 10.2. The third-order valence-corrected chi connectivity index (χ3v) is 5.99. The summed E-state index contributed by atoms with van der Waals surface area (Å²) in [7, 11) is 0. The predicted octanol–water partition coefficient (Wildman–Crippen LogP) is 6.40. The fourth-order valence-electron chi connectivity index (χ4n) is 3.89. The molecule has 0 amide bonds. The molecule has 3 aromatic carbocycles. The van der Waals surface area contributed by atoms with Crippen molar-refractivity contribution in [3.05, 3.63) is 107 Å². The molecule has 1 unspecified atom stereocenters. The molecule has 0 spiro atoms. The van der Waals surface area contributed by atoms with Crippen LogP contribution >= 0.6 is 23.8 Å². The summed E-state index contributed by atoms with van der Waals surface area (Å²) in [5.41, 5.74) is 3.89. The van der Waals surface area contributed by atoms with Crippen molar-refractivity contribution in [1.29, 1.82) is 0 Å². The second kappa shape index (κ2) is 8.77. The van der Waals surface area contributed by atoms with Crippen molar-refractivity contribution in [3.63, 3.8) is 0 Å². The largest absolute Gasteiger partial charge is 0.351 e. The summed E-state index contributed by atoms with van der Waals surface area (Å²) >= 11 is 11.7. The van der Waals surface area contributed by atoms with Gasteiger partial charge >= 0.3 is 0 Å². The van der Waals surface area contributed by atoms with Gasteiger partial charge in [0.05, 0.1) is 11.6 Å². The maximum absolute atomic E-state index is 14.1. The highest BCUT2D eigenvalue weighted by molar-refractivity contribution is 7.80. The summed E-state index contributed by atoms with van der Waals surface area (Å²) in [6, 6.07) is 22.9. The molecule has 1 aliphatic rings. The van der Waals surface area contributed by atoms with E-state index >= 15 is 0 Å². The Hall–Kier alpha value is -3.55. The first-order valence-corrected chi connectivity index (χ1v) is 11.0. The average molecular weight is 477 g/mol. The van der Waals surface area contributed by atoms with E-state index in [1.54, 1.807) is 18.2 Å². The van der Waals surface area contributed by atoms with E-state index in [0.717, 1.165) is 16.9 Å². The highest BCUT2D eigenvalue weighted by atomic mass is 35.5. The Kier molecular flexibility index (Phi) is 5.66. The lowest BCUT2D eigenvalue weighted by Gasteiger charge is -2.37. The van der Waals surface area contributed by atoms with Crippen molar-refractivity contribution in [2.24, 2.45) is 0 Å². The van der Waals surface area contributed by atoms with Gasteiger partial charge in [0.1, 0.15) is 5.82 Å². The Labute approximate surface area is 200 Å². The number of para-hydroxylation sites is 1. The predicted molar refractivity (Wildman–Crippen MR) is 131 cm³/mol. The topological polar surface area (TPSA) is 54.2 Å². The van der Waals surface area contributed by atoms with Crippen molar-refractivity contribution in [2.45, 2.75) is 13.0 Å². The van der Waals surface area contributed by atoms with Crippen molar-refractivity contribution in [2.75, 3.05) is 4.90 Å². The molecule has 1 aromatic heterocycles. The maximum atomic E-state index is 14.1. The summed E-state index contributed by atoms with van der Waals surface area (Å²) in [5, 5.41) is 8.62. The van der Waals surface area contributed by atoms with E-state index in [1.807, 2.05) is 60.4 Å². The number of rotatable bonds is 4. The summed E-state index contributed by atoms with van der Waals surface area (Å²) < 4.78 is 19.8. The molecule has 0 saturated heterocycles. The Morgan fingerprint density at radius 2 is 1.79 bits per heavy atom. The molecule has 0 aliphatic carbocycles. The number of anilines is 1. The zero-order valence-corrected chi connectivity index (χ0v) is 19.1. The van der Waals surface area contributed by atoms with E-state index in [4.69, 9.17) is 28.3 Å². The number of benzene rings is 3. The fourth-order valence-corrected chi connectivity index (χ4v) is 4.38. The highest BCUT2D eigenvalue weighted by Gasteiger charge is 2.34. The molecule has 4 aromatic rings. The van der Waals surface area contributed by atoms with Gasteiger partial charge in [0.25, 0.3) is 5.89 Å². The summed E-state index contributed by atoms with van der Waals surface area (Å²) in [5.74, 6) is 0.414. The third-order valence-electron chi connectivity index (χ3n) is 5.44. The minimum absolute atomic E-state index is 0.322. The molecule has 164 valence electrons. The number of nitrogens with one attached hydrogen (secondary N) is 1. The minimum atomic E-state index is -0.466. The van der Waals surface area contributed by atoms with E-state index in [-0.39, 0.29) is 5.82 Å². The smallest absolute Gasteiger partial charge is 0.258 e. The van der Waals surface area contributed by atoms with Crippen LogP contribution in [0.1, 0.15) is 24.4 Å². The summed E-state index contributed by atoms with van der Waals surface area (Å²) in [4.78, 5) is 6.56. The first-order chi connectivity index (χ1) is 16.0. The van der Waals surface area contributed by atoms with Crippen LogP contribution in [0.2, 0.25) is 5.02 Å². The Balaban J connectivity index is 1.66. The second-order valence-corrected chi connectivity index (χ2v) is 8.36. The SMILES string of the molecule is CC1=C(c2nc(-c3ccc(Cl)cc3)no2)C(c2cccc(F)c2)NC(=S)N1c1ccccc1. The van der Waals surface area contributed by atoms with Crippen LogP contribution in [0.3, 0.4) is 0 Å². The summed E-state index contributed by atoms with van der Waals surface area (Å²) in [6.07, 6.45) is 0. The molecule has 33 heavy (non-hydrogen) atoms. The number of hydrogen-bond donors (Lipinski definition) is 1. The van der Waals surface area contributed by atoms with Crippen LogP contribution in [-0.2, 0) is 0 Å². The van der Waals surface area contributed by atoms with Crippen LogP contribution < -0.4 is 10.2 Å². The lowest BCUT2D eigenvalue weighted by molar-refractivity contribution is 0.404. The van der Waals surface area contributed by atoms with Gasteiger partial charge in [-0.25, -0.2) is 4.39 Å². The first kappa shape index (κ1) is 21.3. The standard InChI is InChI=1S/C25H18ClFN4OS/c1-15-21(24-29-23(30-32-24)16-10-12-18(26)13-11-16)22(17-6-5-7-19(27)14-17)28-25(33)31(15)20-8-3-2-4-9-20/h2-14,22H,1H3,(H,28,33). The van der Waals surface area contributed by atoms with Crippen LogP contribution in [-0.4, -0.2) is 15.3 Å². The number of thiocarbonyl (C=S) groups is 1. The van der Waals surface area contributed by atoms with E-state index < -0.39 is 6.04 Å². The Bertz CT molecular complexity index is 1350. The molecule has 5 rings (SSSR count). The maximum Gasteiger partial charge on any atom is 0.258 e. The van der Waals surface area contributed by atoms with Gasteiger partial charge in [-0.1, -0.05) is 47.1 Å². The number of allylic oxidation sites excluding steroid dienone is 1. The molecule has 5 nitrogen and oxygen atoms in total. The van der Waals surface area contributed by atoms with Gasteiger partial charge in [-0.2, -0.15) is 4.98 Å². The molecule has 1 aliphatic heterocycles. The monoisotopic (exact) mass is 476 g/mol. The van der Waals surface area contributed by atoms with Crippen LogP contribution in [0.15, 0.2) is 89.1 Å². The molecule has 1 N–H and O–H groups in total. The Morgan fingerprint density at radius 1 is 1.03 bits per heavy atom. The van der Waals surface area contributed by atoms with Gasteiger partial charge in [-0.15, -0.1) is 0 Å². The molecule has 0 radical (unpaired) electrons. The minimum Gasteiger partial charge on any atom is -0.351 e. The summed E-state index contributed by atoms with van der Waals surface area (Å²) in [6.45, 7) is 1.94. The van der Waals surface area contributed by atoms with Crippen LogP contribution in [0.25, 0.3) is 17.0 Å². The van der Waals surface area contributed by atoms with E-state index in [9.17, 15) is 4.39 Å². The van der Waals surface area contributed by atoms with E-state index in [0.29, 0.717) is 33.0 Å². The van der Waals surface area contributed by atoms with Crippen molar-refractivity contribution in [1.82, 2.24) is 15.5 Å². The molecule has 0 bridgehead atoms. The third kappa shape index (κ3) is 4.13. The van der Waals surface area contributed by atoms with Gasteiger partial charge < -0.3 is 9.84 Å². The number of halogens is 2. The van der Waals surface area contributed by atoms with Gasteiger partial charge in [0.15, 0.2) is 5.11 Å². The zero-order valence-electron chi connectivity index (χ0n) is 17.5. The number of hydrogen-bond acceptors (Lipinski definition) is 4. The zero-order chi connectivity index (χ0) is 22.9. The lowest BCUT2D eigenvalue weighted by atomic mass is 9.94. The molecule has 0 saturated carbocycles. The van der Waals surface area contributed by atoms with Crippen LogP contribution in [0, 0.1) is 5.82 Å². The Morgan fingerprint density at radius 3 is 2.52 bits per heavy atom. The van der Waals surface area contributed by atoms with Crippen LogP contribution in [0.5, 0.6) is 0 Å². The molecule has 8 heteroatoms. The number of nitrogens with zero attached hydrogens (tertiary/aromatic N) is 3. The van der Waals surface area contributed by atoms with Gasteiger partial charge in [-0.05, 0) is 73.2 Å². The van der Waals surface area contributed by atoms with Crippen molar-refractivity contribution >= 4 is 40.2 Å². The average Bonchev–Trinajstić information content (AvgIpc) is 3.29. The normalized spacial score (nSPS) is 16.2. The number of aromatic nitrogens is 2. The quantitative estimate of drug-likeness (QED) is 0.344. The molecule has 2 heterocycles. The fraction of sp³-hybridized carbons (Fsp3) is 0.0800. The highest BCUT2D eigenvalue weighted by Crippen LogP contribution is 2.39. The molecule has 1 atom stereocenters. The molecule has 0 fully saturated rings. The van der Waals surface area contributed by atoms with Gasteiger partial charge in [0, 0.05) is 22.0 Å². The van der Waals surface area contributed by atoms with Crippen LogP contribution in [0.4, 0.5) is 10.1 Å². The molecular formula is C25H18ClFN4OS. The van der Waals surface area contributed by atoms with Crippen molar-refractivity contribution < 1.29 is 8.91 Å². The molecular weight excluding hydrogens is 459 g/mol. The van der Waals surface area contributed by atoms with E-state index in [2.05, 4.69) is 15.5 Å². The van der Waals surface area contributed by atoms with E-state index in [1.165, 1.54) is 12.1 Å². The lowest BCUT2D eigenvalue weighted by Crippen LogP contribution is -2.46. The van der Waals surface area contributed by atoms with Gasteiger partial charge in [-0.3, -0.25) is 4.90 Å². The van der Waals surface area contributed by atoms with Gasteiger partial charge in [0.2, 0.25) is 5.82 Å². The van der Waals surface area contributed by atoms with Crippen molar-refractivity contribution in [3.8, 4) is 11.4 Å².